The molecular formula is C38H45F2N7O2S3. The average molecular weight is 766 g/mol. The summed E-state index contributed by atoms with van der Waals surface area (Å²) in [6.45, 7) is 15.5. The van der Waals surface area contributed by atoms with E-state index in [-0.39, 0.29) is 10.8 Å². The molecule has 1 aliphatic rings. The standard InChI is InChI=1S/C38H45F2N7O2S3/c1-25(2)38-44-35(27-9-7-10-28(22-27)45-52-36-29(39)11-8-12-30(36)40)37(51-38)31(41-4)13-14-42-24-43-32-21-26(3)33(23-34(32)48-5)47-17-15-46(16-18-47)19-20-50-49-6/h7-14,21-23,25,43,45H,4,15-20,24H2,1-3,5-6H3/b31-13-,42-14-. The molecule has 0 unspecified atom stereocenters. The van der Waals surface area contributed by atoms with Gasteiger partial charge < -0.3 is 23.9 Å². The third kappa shape index (κ3) is 10.1. The van der Waals surface area contributed by atoms with E-state index in [1.54, 1.807) is 31.8 Å². The van der Waals surface area contributed by atoms with Crippen molar-refractivity contribution in [3.05, 3.63) is 87.8 Å². The number of nitrogens with one attached hydrogen (secondary N) is 2. The largest absolute Gasteiger partial charge is 0.495 e. The monoisotopic (exact) mass is 765 g/mol. The second kappa shape index (κ2) is 19.2. The fraction of sp³-hybridized carbons (Fsp3) is 0.342. The Kier molecular flexibility index (Phi) is 14.5. The van der Waals surface area contributed by atoms with Crippen LogP contribution in [0.1, 0.15) is 35.2 Å². The van der Waals surface area contributed by atoms with Gasteiger partial charge in [0, 0.05) is 73.6 Å². The number of aryl methyl sites for hydroxylation is 1. The summed E-state index contributed by atoms with van der Waals surface area (Å²) in [4.78, 5) is 19.5. The molecule has 9 nitrogen and oxygen atoms in total. The number of piperazine rings is 1. The van der Waals surface area contributed by atoms with Crippen molar-refractivity contribution in [3.8, 4) is 17.0 Å². The van der Waals surface area contributed by atoms with E-state index in [0.29, 0.717) is 18.1 Å². The average Bonchev–Trinajstić information content (AvgIpc) is 3.59. The highest BCUT2D eigenvalue weighted by Gasteiger charge is 2.21. The molecule has 5 rings (SSSR count). The summed E-state index contributed by atoms with van der Waals surface area (Å²) in [5.41, 5.74) is 6.12. The molecule has 0 aliphatic carbocycles. The minimum atomic E-state index is -0.623. The van der Waals surface area contributed by atoms with Crippen LogP contribution in [-0.2, 0) is 4.18 Å². The van der Waals surface area contributed by atoms with Crippen LogP contribution >= 0.6 is 35.3 Å². The first kappa shape index (κ1) is 39.3. The molecule has 1 saturated heterocycles. The van der Waals surface area contributed by atoms with E-state index < -0.39 is 11.6 Å². The minimum Gasteiger partial charge on any atom is -0.495 e. The fourth-order valence-corrected chi connectivity index (χ4v) is 7.92. The highest BCUT2D eigenvalue weighted by Crippen LogP contribution is 2.38. The SMILES string of the molecule is C=N/C(=C\C=N/CNc1cc(C)c(N2CCN(CCSOC)CC2)cc1OC)c1sc(C(C)C)nc1-c1cccc(NSc2c(F)cccc2F)c1. The first-order valence-corrected chi connectivity index (χ1v) is 19.5. The van der Waals surface area contributed by atoms with Gasteiger partial charge >= 0.3 is 0 Å². The maximum absolute atomic E-state index is 14.2. The Labute approximate surface area is 318 Å². The molecule has 2 heterocycles. The van der Waals surface area contributed by atoms with Crippen molar-refractivity contribution in [1.29, 1.82) is 0 Å². The van der Waals surface area contributed by atoms with Gasteiger partial charge in [0.25, 0.3) is 0 Å². The summed E-state index contributed by atoms with van der Waals surface area (Å²) in [6, 6.07) is 15.6. The van der Waals surface area contributed by atoms with E-state index in [2.05, 4.69) is 69.4 Å². The van der Waals surface area contributed by atoms with Crippen molar-refractivity contribution in [2.75, 3.05) is 74.3 Å². The second-order valence-electron chi connectivity index (χ2n) is 12.3. The molecule has 0 radical (unpaired) electrons. The highest BCUT2D eigenvalue weighted by atomic mass is 32.2. The van der Waals surface area contributed by atoms with Crippen molar-refractivity contribution < 1.29 is 17.7 Å². The van der Waals surface area contributed by atoms with Crippen molar-refractivity contribution in [1.82, 2.24) is 9.88 Å². The van der Waals surface area contributed by atoms with E-state index >= 15 is 0 Å². The number of rotatable bonds is 17. The molecule has 4 aromatic rings. The molecule has 52 heavy (non-hydrogen) atoms. The predicted octanol–water partition coefficient (Wildman–Crippen LogP) is 9.25. The van der Waals surface area contributed by atoms with Gasteiger partial charge in [-0.15, -0.1) is 11.3 Å². The molecule has 1 aromatic heterocycles. The van der Waals surface area contributed by atoms with E-state index in [0.717, 1.165) is 83.0 Å². The summed E-state index contributed by atoms with van der Waals surface area (Å²) in [6.07, 6.45) is 3.54. The van der Waals surface area contributed by atoms with Gasteiger partial charge in [-0.05, 0) is 79.6 Å². The van der Waals surface area contributed by atoms with Crippen LogP contribution in [0.4, 0.5) is 25.8 Å². The number of anilines is 3. The number of halogens is 2. The lowest BCUT2D eigenvalue weighted by atomic mass is 10.1. The number of allylic oxidation sites excluding steroid dienone is 1. The van der Waals surface area contributed by atoms with E-state index in [9.17, 15) is 8.78 Å². The maximum atomic E-state index is 14.2. The van der Waals surface area contributed by atoms with Gasteiger partial charge in [-0.2, -0.15) is 0 Å². The smallest absolute Gasteiger partial charge is 0.144 e. The van der Waals surface area contributed by atoms with E-state index in [1.165, 1.54) is 41.5 Å². The first-order valence-electron chi connectivity index (χ1n) is 16.9. The van der Waals surface area contributed by atoms with Crippen molar-refractivity contribution in [3.63, 3.8) is 0 Å². The molecule has 14 heteroatoms. The molecule has 0 atom stereocenters. The minimum absolute atomic E-state index is 0.0944. The lowest BCUT2D eigenvalue weighted by Gasteiger charge is -2.37. The summed E-state index contributed by atoms with van der Waals surface area (Å²) in [5, 5.41) is 4.34. The Morgan fingerprint density at radius 2 is 1.83 bits per heavy atom. The zero-order chi connectivity index (χ0) is 37.0. The number of methoxy groups -OCH3 is 1. The number of aromatic nitrogens is 1. The highest BCUT2D eigenvalue weighted by molar-refractivity contribution is 8.00. The third-order valence-corrected chi connectivity index (χ3v) is 11.3. The van der Waals surface area contributed by atoms with Gasteiger partial charge in [-0.3, -0.25) is 14.9 Å². The number of hydrogen-bond donors (Lipinski definition) is 2. The number of aliphatic imine (C=N–C) groups is 2. The zero-order valence-corrected chi connectivity index (χ0v) is 32.6. The quantitative estimate of drug-likeness (QED) is 0.0473. The van der Waals surface area contributed by atoms with Gasteiger partial charge in [-0.1, -0.05) is 32.0 Å². The van der Waals surface area contributed by atoms with Gasteiger partial charge in [0.15, 0.2) is 0 Å². The van der Waals surface area contributed by atoms with Gasteiger partial charge in [-0.25, -0.2) is 13.8 Å². The van der Waals surface area contributed by atoms with Crippen LogP contribution in [0.15, 0.2) is 75.6 Å². The molecule has 1 aliphatic heterocycles. The second-order valence-corrected chi connectivity index (χ2v) is 15.1. The number of nitrogens with zero attached hydrogens (tertiary/aromatic N) is 5. The predicted molar refractivity (Wildman–Crippen MR) is 218 cm³/mol. The van der Waals surface area contributed by atoms with E-state index in [4.69, 9.17) is 13.9 Å². The first-order chi connectivity index (χ1) is 25.2. The van der Waals surface area contributed by atoms with Crippen molar-refractivity contribution >= 4 is 71.0 Å². The lowest BCUT2D eigenvalue weighted by Crippen LogP contribution is -2.47. The van der Waals surface area contributed by atoms with E-state index in [1.807, 2.05) is 30.3 Å². The Morgan fingerprint density at radius 1 is 1.08 bits per heavy atom. The Bertz CT molecular complexity index is 1860. The van der Waals surface area contributed by atoms with Crippen LogP contribution in [0.3, 0.4) is 0 Å². The zero-order valence-electron chi connectivity index (χ0n) is 30.1. The summed E-state index contributed by atoms with van der Waals surface area (Å²) in [7, 11) is 3.40. The molecule has 0 amide bonds. The molecule has 2 N–H and O–H groups in total. The normalized spacial score (nSPS) is 14.0. The van der Waals surface area contributed by atoms with Crippen molar-refractivity contribution in [2.45, 2.75) is 31.6 Å². The molecule has 0 saturated carbocycles. The van der Waals surface area contributed by atoms with Crippen molar-refractivity contribution in [2.24, 2.45) is 9.98 Å². The fourth-order valence-electron chi connectivity index (χ4n) is 5.67. The van der Waals surface area contributed by atoms with Crippen LogP contribution in [0.25, 0.3) is 17.0 Å². The molecule has 0 bridgehead atoms. The van der Waals surface area contributed by atoms with Gasteiger partial charge in [0.05, 0.1) is 46.1 Å². The number of hydrogen-bond acceptors (Lipinski definition) is 12. The van der Waals surface area contributed by atoms with Gasteiger partial charge in [0.2, 0.25) is 0 Å². The van der Waals surface area contributed by atoms with Crippen LogP contribution in [0, 0.1) is 18.6 Å². The van der Waals surface area contributed by atoms with Crippen LogP contribution in [-0.4, -0.2) is 82.2 Å². The third-order valence-electron chi connectivity index (χ3n) is 8.40. The number of thiazole rings is 1. The topological polar surface area (TPSA) is 86.6 Å². The molecule has 1 fully saturated rings. The van der Waals surface area contributed by atoms with Crippen LogP contribution < -0.4 is 19.7 Å². The summed E-state index contributed by atoms with van der Waals surface area (Å²) < 4.78 is 42.4. The van der Waals surface area contributed by atoms with Crippen LogP contribution in [0.2, 0.25) is 0 Å². The maximum Gasteiger partial charge on any atom is 0.144 e. The number of ether oxygens (including phenoxy) is 1. The Balaban J connectivity index is 1.26. The molecule has 0 spiro atoms. The summed E-state index contributed by atoms with van der Waals surface area (Å²) in [5.74, 6) is 0.685. The Hall–Kier alpha value is -3.95. The Morgan fingerprint density at radius 3 is 2.52 bits per heavy atom. The summed E-state index contributed by atoms with van der Waals surface area (Å²) >= 11 is 3.94. The van der Waals surface area contributed by atoms with Gasteiger partial charge in [0.1, 0.15) is 24.1 Å². The molecule has 3 aromatic carbocycles. The lowest BCUT2D eigenvalue weighted by molar-refractivity contribution is 0.272. The van der Waals surface area contributed by atoms with Crippen LogP contribution in [0.5, 0.6) is 5.75 Å². The molecule has 276 valence electrons. The number of benzene rings is 3. The molecular weight excluding hydrogens is 721 g/mol.